The van der Waals surface area contributed by atoms with Crippen molar-refractivity contribution < 1.29 is 15.0 Å². The molecule has 0 radical (unpaired) electrons. The van der Waals surface area contributed by atoms with Crippen LogP contribution in [0.4, 0.5) is 4.79 Å². The van der Waals surface area contributed by atoms with Gasteiger partial charge in [-0.3, -0.25) is 0 Å². The Bertz CT molecular complexity index is 133. The lowest BCUT2D eigenvalue weighted by Gasteiger charge is -2.24. The van der Waals surface area contributed by atoms with E-state index in [-0.39, 0.29) is 0 Å². The summed E-state index contributed by atoms with van der Waals surface area (Å²) >= 11 is 0. The van der Waals surface area contributed by atoms with Crippen LogP contribution in [-0.4, -0.2) is 16.4 Å². The average molecular weight is 188 g/mol. The van der Waals surface area contributed by atoms with Crippen molar-refractivity contribution in [3.63, 3.8) is 0 Å². The summed E-state index contributed by atoms with van der Waals surface area (Å²) in [6, 6.07) is 0. The first-order chi connectivity index (χ1) is 6.04. The molecule has 3 nitrogen and oxygen atoms in total. The predicted octanol–water partition coefficient (Wildman–Crippen LogP) is 3.45. The van der Waals surface area contributed by atoms with Gasteiger partial charge in [0.05, 0.1) is 0 Å². The molecule has 0 unspecified atom stereocenters. The second-order valence-electron chi connectivity index (χ2n) is 3.92. The molecule has 13 heavy (non-hydrogen) atoms. The third-order valence-electron chi connectivity index (χ3n) is 2.59. The van der Waals surface area contributed by atoms with E-state index >= 15 is 0 Å². The molecule has 0 heterocycles. The van der Waals surface area contributed by atoms with E-state index in [1.807, 2.05) is 0 Å². The molecule has 3 heteroatoms. The van der Waals surface area contributed by atoms with Gasteiger partial charge >= 0.3 is 6.16 Å². The van der Waals surface area contributed by atoms with Gasteiger partial charge in [-0.15, -0.1) is 0 Å². The van der Waals surface area contributed by atoms with Gasteiger partial charge in [0.1, 0.15) is 0 Å². The molecule has 78 valence electrons. The van der Waals surface area contributed by atoms with Crippen LogP contribution < -0.4 is 0 Å². The van der Waals surface area contributed by atoms with Crippen molar-refractivity contribution in [3.05, 3.63) is 0 Å². The van der Waals surface area contributed by atoms with Gasteiger partial charge in [-0.2, -0.15) is 0 Å². The summed E-state index contributed by atoms with van der Waals surface area (Å²) in [6.45, 7) is 4.71. The van der Waals surface area contributed by atoms with Gasteiger partial charge in [0.15, 0.2) is 0 Å². The second kappa shape index (κ2) is 6.75. The van der Waals surface area contributed by atoms with Crippen molar-refractivity contribution in [2.24, 2.45) is 11.8 Å². The smallest absolute Gasteiger partial charge is 0.450 e. The molecule has 0 aromatic rings. The van der Waals surface area contributed by atoms with Crippen molar-refractivity contribution in [2.75, 3.05) is 0 Å². The fraction of sp³-hybridized carbons (Fsp3) is 0.900. The normalized spacial score (nSPS) is 17.8. The summed E-state index contributed by atoms with van der Waals surface area (Å²) in [5, 5.41) is 13.9. The van der Waals surface area contributed by atoms with Gasteiger partial charge in [0, 0.05) is 0 Å². The summed E-state index contributed by atoms with van der Waals surface area (Å²) in [5.41, 5.74) is 0. The lowest BCUT2D eigenvalue weighted by Crippen LogP contribution is -2.12. The van der Waals surface area contributed by atoms with E-state index in [1.54, 1.807) is 0 Å². The SMILES string of the molecule is CC(C)C1CCCCC1.O=C(O)O. The fourth-order valence-electron chi connectivity index (χ4n) is 1.80. The predicted molar refractivity (Wildman–Crippen MR) is 52.1 cm³/mol. The lowest BCUT2D eigenvalue weighted by molar-refractivity contribution is 0.137. The third-order valence-corrected chi connectivity index (χ3v) is 2.59. The monoisotopic (exact) mass is 188 g/mol. The number of rotatable bonds is 1. The van der Waals surface area contributed by atoms with Crippen molar-refractivity contribution >= 4 is 6.16 Å². The molecule has 1 rings (SSSR count). The molecule has 0 saturated heterocycles. The molecular formula is C10H20O3. The molecule has 0 bridgehead atoms. The maximum Gasteiger partial charge on any atom is 0.503 e. The number of hydrogen-bond donors (Lipinski definition) is 2. The van der Waals surface area contributed by atoms with E-state index in [4.69, 9.17) is 15.0 Å². The first kappa shape index (κ1) is 12.3. The van der Waals surface area contributed by atoms with Crippen LogP contribution in [0.2, 0.25) is 0 Å². The Morgan fingerprint density at radius 2 is 1.54 bits per heavy atom. The van der Waals surface area contributed by atoms with Gasteiger partial charge in [-0.05, 0) is 11.8 Å². The van der Waals surface area contributed by atoms with Crippen LogP contribution in [0.25, 0.3) is 0 Å². The average Bonchev–Trinajstić information content (AvgIpc) is 2.05. The Hall–Kier alpha value is -0.730. The van der Waals surface area contributed by atoms with Crippen molar-refractivity contribution in [3.8, 4) is 0 Å². The first-order valence-electron chi connectivity index (χ1n) is 4.96. The van der Waals surface area contributed by atoms with Gasteiger partial charge in [0.2, 0.25) is 0 Å². The highest BCUT2D eigenvalue weighted by atomic mass is 16.6. The molecule has 0 aromatic carbocycles. The minimum atomic E-state index is -1.83. The van der Waals surface area contributed by atoms with Gasteiger partial charge in [-0.25, -0.2) is 4.79 Å². The van der Waals surface area contributed by atoms with E-state index in [2.05, 4.69) is 13.8 Å². The minimum absolute atomic E-state index is 0.935. The molecule has 2 N–H and O–H groups in total. The molecule has 0 aromatic heterocycles. The zero-order valence-corrected chi connectivity index (χ0v) is 8.49. The number of hydrogen-bond acceptors (Lipinski definition) is 1. The Kier molecular flexibility index (Phi) is 6.37. The van der Waals surface area contributed by atoms with E-state index in [1.165, 1.54) is 32.1 Å². The quantitative estimate of drug-likeness (QED) is 0.662. The van der Waals surface area contributed by atoms with Crippen LogP contribution in [0.3, 0.4) is 0 Å². The molecule has 0 amide bonds. The molecule has 1 aliphatic rings. The van der Waals surface area contributed by atoms with E-state index in [0.717, 1.165) is 11.8 Å². The van der Waals surface area contributed by atoms with Gasteiger partial charge in [0.25, 0.3) is 0 Å². The highest BCUT2D eigenvalue weighted by Crippen LogP contribution is 2.29. The summed E-state index contributed by atoms with van der Waals surface area (Å²) in [6.07, 6.45) is 5.63. The number of carbonyl (C=O) groups is 1. The van der Waals surface area contributed by atoms with Crippen LogP contribution in [0.15, 0.2) is 0 Å². The standard InChI is InChI=1S/C9H18.CH2O3/c1-8(2)9-6-4-3-5-7-9;2-1(3)4/h8-9H,3-7H2,1-2H3;(H2,2,3,4). The van der Waals surface area contributed by atoms with Crippen LogP contribution in [0, 0.1) is 11.8 Å². The van der Waals surface area contributed by atoms with Crippen LogP contribution in [0.5, 0.6) is 0 Å². The maximum atomic E-state index is 8.56. The Morgan fingerprint density at radius 3 is 1.77 bits per heavy atom. The fourth-order valence-corrected chi connectivity index (χ4v) is 1.80. The summed E-state index contributed by atoms with van der Waals surface area (Å²) < 4.78 is 0. The zero-order valence-electron chi connectivity index (χ0n) is 8.49. The lowest BCUT2D eigenvalue weighted by atomic mass is 9.82. The van der Waals surface area contributed by atoms with Crippen molar-refractivity contribution in [2.45, 2.75) is 46.0 Å². The highest BCUT2D eigenvalue weighted by molar-refractivity contribution is 5.53. The zero-order chi connectivity index (χ0) is 10.3. The molecule has 0 aliphatic heterocycles. The third kappa shape index (κ3) is 7.62. The van der Waals surface area contributed by atoms with Crippen LogP contribution in [0.1, 0.15) is 46.0 Å². The topological polar surface area (TPSA) is 57.5 Å². The van der Waals surface area contributed by atoms with E-state index < -0.39 is 6.16 Å². The van der Waals surface area contributed by atoms with Crippen molar-refractivity contribution in [1.82, 2.24) is 0 Å². The molecule has 1 saturated carbocycles. The Balaban J connectivity index is 0.000000310. The second-order valence-corrected chi connectivity index (χ2v) is 3.92. The summed E-state index contributed by atoms with van der Waals surface area (Å²) in [7, 11) is 0. The van der Waals surface area contributed by atoms with Crippen molar-refractivity contribution in [1.29, 1.82) is 0 Å². The highest BCUT2D eigenvalue weighted by Gasteiger charge is 2.15. The van der Waals surface area contributed by atoms with E-state index in [0.29, 0.717) is 0 Å². The molecule has 0 atom stereocenters. The summed E-state index contributed by atoms with van der Waals surface area (Å²) in [4.78, 5) is 8.56. The molecule has 1 fully saturated rings. The van der Waals surface area contributed by atoms with Crippen LogP contribution in [-0.2, 0) is 0 Å². The maximum absolute atomic E-state index is 8.56. The minimum Gasteiger partial charge on any atom is -0.450 e. The summed E-state index contributed by atoms with van der Waals surface area (Å²) in [5.74, 6) is 1.99. The van der Waals surface area contributed by atoms with Gasteiger partial charge < -0.3 is 10.2 Å². The first-order valence-corrected chi connectivity index (χ1v) is 4.96. The number of carboxylic acid groups (broad SMARTS) is 2. The molecular weight excluding hydrogens is 168 g/mol. The van der Waals surface area contributed by atoms with Gasteiger partial charge in [-0.1, -0.05) is 46.0 Å². The Morgan fingerprint density at radius 1 is 1.15 bits per heavy atom. The Labute approximate surface area is 79.8 Å². The van der Waals surface area contributed by atoms with Crippen LogP contribution >= 0.6 is 0 Å². The largest absolute Gasteiger partial charge is 0.503 e. The molecule has 1 aliphatic carbocycles. The van der Waals surface area contributed by atoms with E-state index in [9.17, 15) is 0 Å². The molecule has 0 spiro atoms.